The highest BCUT2D eigenvalue weighted by Gasteiger charge is 2.13. The summed E-state index contributed by atoms with van der Waals surface area (Å²) in [5, 5.41) is 2.63. The molecule has 0 saturated carbocycles. The molecule has 0 atom stereocenters. The van der Waals surface area contributed by atoms with Crippen LogP contribution in [0.25, 0.3) is 0 Å². The van der Waals surface area contributed by atoms with Gasteiger partial charge in [-0.2, -0.15) is 0 Å². The summed E-state index contributed by atoms with van der Waals surface area (Å²) in [4.78, 5) is 12.0. The largest absolute Gasteiger partial charge is 0.483 e. The molecule has 140 valence electrons. The van der Waals surface area contributed by atoms with Crippen LogP contribution in [0, 0.1) is 20.8 Å². The zero-order chi connectivity index (χ0) is 19.2. The number of carbonyl (C=O) groups is 1. The van der Waals surface area contributed by atoms with Gasteiger partial charge in [-0.1, -0.05) is 29.8 Å². The first-order valence-corrected chi connectivity index (χ1v) is 9.80. The van der Waals surface area contributed by atoms with Crippen LogP contribution in [0.3, 0.4) is 0 Å². The summed E-state index contributed by atoms with van der Waals surface area (Å²) >= 11 is 0. The number of aryl methyl sites for hydroxylation is 2. The van der Waals surface area contributed by atoms with Crippen LogP contribution < -0.4 is 14.8 Å². The fraction of sp³-hybridized carbons (Fsp3) is 0.316. The van der Waals surface area contributed by atoms with Crippen LogP contribution in [0.2, 0.25) is 0 Å². The van der Waals surface area contributed by atoms with Crippen molar-refractivity contribution >= 4 is 15.9 Å². The van der Waals surface area contributed by atoms with Gasteiger partial charge in [-0.15, -0.1) is 0 Å². The zero-order valence-corrected chi connectivity index (χ0v) is 16.0. The molecule has 0 fully saturated rings. The smallest absolute Gasteiger partial charge is 0.257 e. The van der Waals surface area contributed by atoms with Crippen molar-refractivity contribution in [1.29, 1.82) is 0 Å². The molecule has 26 heavy (non-hydrogen) atoms. The van der Waals surface area contributed by atoms with Crippen molar-refractivity contribution < 1.29 is 17.9 Å². The van der Waals surface area contributed by atoms with Gasteiger partial charge < -0.3 is 10.1 Å². The number of benzene rings is 2. The molecule has 0 aliphatic carbocycles. The van der Waals surface area contributed by atoms with Gasteiger partial charge >= 0.3 is 0 Å². The maximum absolute atomic E-state index is 12.1. The molecule has 0 aliphatic heterocycles. The second-order valence-electron chi connectivity index (χ2n) is 6.05. The van der Waals surface area contributed by atoms with Crippen molar-refractivity contribution in [2.24, 2.45) is 0 Å². The number of rotatable bonds is 8. The number of hydrogen-bond donors (Lipinski definition) is 2. The summed E-state index contributed by atoms with van der Waals surface area (Å²) in [6.45, 7) is 5.96. The van der Waals surface area contributed by atoms with Crippen LogP contribution in [-0.4, -0.2) is 34.0 Å². The van der Waals surface area contributed by atoms with E-state index in [2.05, 4.69) is 10.0 Å². The van der Waals surface area contributed by atoms with Gasteiger partial charge in [-0.05, 0) is 50.1 Å². The lowest BCUT2D eigenvalue weighted by atomic mass is 10.1. The molecule has 0 aliphatic rings. The van der Waals surface area contributed by atoms with Crippen LogP contribution in [-0.2, 0) is 14.8 Å². The van der Waals surface area contributed by atoms with Crippen LogP contribution in [0.1, 0.15) is 16.7 Å². The number of hydrogen-bond acceptors (Lipinski definition) is 4. The molecule has 0 heterocycles. The standard InChI is InChI=1S/C19H24N2O4S/c1-14-7-9-17(10-8-14)26(23,24)21-12-11-20-19(22)13-25-18-6-4-5-15(2)16(18)3/h4-10,21H,11-13H2,1-3H3,(H,20,22). The molecule has 0 bridgehead atoms. The second-order valence-corrected chi connectivity index (χ2v) is 7.81. The molecular formula is C19H24N2O4S. The van der Waals surface area contributed by atoms with E-state index in [1.54, 1.807) is 24.3 Å². The second kappa shape index (κ2) is 8.82. The molecular weight excluding hydrogens is 352 g/mol. The lowest BCUT2D eigenvalue weighted by Gasteiger charge is -2.11. The Balaban J connectivity index is 1.74. The van der Waals surface area contributed by atoms with E-state index in [1.807, 2.05) is 39.0 Å². The summed E-state index contributed by atoms with van der Waals surface area (Å²) in [5.74, 6) is 0.362. The molecule has 0 radical (unpaired) electrons. The molecule has 6 nitrogen and oxygen atoms in total. The normalized spacial score (nSPS) is 11.2. The van der Waals surface area contributed by atoms with Gasteiger partial charge in [0.05, 0.1) is 4.90 Å². The molecule has 2 N–H and O–H groups in total. The van der Waals surface area contributed by atoms with Gasteiger partial charge in [0.1, 0.15) is 5.75 Å². The molecule has 2 aromatic rings. The van der Waals surface area contributed by atoms with E-state index in [1.165, 1.54) is 0 Å². The molecule has 1 amide bonds. The highest BCUT2D eigenvalue weighted by Crippen LogP contribution is 2.20. The van der Waals surface area contributed by atoms with Crippen molar-refractivity contribution in [2.75, 3.05) is 19.7 Å². The van der Waals surface area contributed by atoms with Crippen molar-refractivity contribution in [3.63, 3.8) is 0 Å². The quantitative estimate of drug-likeness (QED) is 0.691. The van der Waals surface area contributed by atoms with Crippen molar-refractivity contribution in [2.45, 2.75) is 25.7 Å². The fourth-order valence-corrected chi connectivity index (χ4v) is 3.29. The van der Waals surface area contributed by atoms with Crippen LogP contribution in [0.4, 0.5) is 0 Å². The van der Waals surface area contributed by atoms with E-state index < -0.39 is 10.0 Å². The van der Waals surface area contributed by atoms with Crippen molar-refractivity contribution in [3.05, 3.63) is 59.2 Å². The zero-order valence-electron chi connectivity index (χ0n) is 15.2. The maximum Gasteiger partial charge on any atom is 0.257 e. The van der Waals surface area contributed by atoms with Gasteiger partial charge in [0.2, 0.25) is 10.0 Å². The topological polar surface area (TPSA) is 84.5 Å². The lowest BCUT2D eigenvalue weighted by Crippen LogP contribution is -2.36. The first-order valence-electron chi connectivity index (χ1n) is 8.31. The first kappa shape index (κ1) is 19.9. The maximum atomic E-state index is 12.1. The van der Waals surface area contributed by atoms with Gasteiger partial charge in [-0.3, -0.25) is 4.79 Å². The van der Waals surface area contributed by atoms with Crippen LogP contribution >= 0.6 is 0 Å². The summed E-state index contributed by atoms with van der Waals surface area (Å²) in [7, 11) is -3.57. The van der Waals surface area contributed by atoms with Crippen LogP contribution in [0.5, 0.6) is 5.75 Å². The van der Waals surface area contributed by atoms with E-state index in [4.69, 9.17) is 4.74 Å². The Hall–Kier alpha value is -2.38. The Morgan fingerprint density at radius 2 is 1.69 bits per heavy atom. The predicted molar refractivity (Wildman–Crippen MR) is 101 cm³/mol. The highest BCUT2D eigenvalue weighted by molar-refractivity contribution is 7.89. The number of sulfonamides is 1. The molecule has 0 aromatic heterocycles. The molecule has 0 saturated heterocycles. The van der Waals surface area contributed by atoms with E-state index in [9.17, 15) is 13.2 Å². The third kappa shape index (κ3) is 5.57. The number of ether oxygens (including phenoxy) is 1. The van der Waals surface area contributed by atoms with Crippen LogP contribution in [0.15, 0.2) is 47.4 Å². The number of carbonyl (C=O) groups excluding carboxylic acids is 1. The van der Waals surface area contributed by atoms with E-state index in [-0.39, 0.29) is 30.5 Å². The molecule has 2 rings (SSSR count). The average molecular weight is 376 g/mol. The number of nitrogens with one attached hydrogen (secondary N) is 2. The fourth-order valence-electron chi connectivity index (χ4n) is 2.26. The monoisotopic (exact) mass is 376 g/mol. The third-order valence-electron chi connectivity index (χ3n) is 3.98. The average Bonchev–Trinajstić information content (AvgIpc) is 2.60. The van der Waals surface area contributed by atoms with Gasteiger partial charge in [0, 0.05) is 13.1 Å². The molecule has 0 unspecified atom stereocenters. The molecule has 7 heteroatoms. The minimum Gasteiger partial charge on any atom is -0.483 e. The predicted octanol–water partition coefficient (Wildman–Crippen LogP) is 2.09. The Kier molecular flexibility index (Phi) is 6.76. The molecule has 2 aromatic carbocycles. The van der Waals surface area contributed by atoms with Gasteiger partial charge in [0.15, 0.2) is 6.61 Å². The Morgan fingerprint density at radius 1 is 1.00 bits per heavy atom. The SMILES string of the molecule is Cc1ccc(S(=O)(=O)NCCNC(=O)COc2cccc(C)c2C)cc1. The lowest BCUT2D eigenvalue weighted by molar-refractivity contribution is -0.123. The third-order valence-corrected chi connectivity index (χ3v) is 5.46. The summed E-state index contributed by atoms with van der Waals surface area (Å²) in [6, 6.07) is 12.2. The van der Waals surface area contributed by atoms with Gasteiger partial charge in [0.25, 0.3) is 5.91 Å². The van der Waals surface area contributed by atoms with E-state index >= 15 is 0 Å². The minimum absolute atomic E-state index is 0.103. The summed E-state index contributed by atoms with van der Waals surface area (Å²) in [6.07, 6.45) is 0. The van der Waals surface area contributed by atoms with E-state index in [0.717, 1.165) is 16.7 Å². The summed E-state index contributed by atoms with van der Waals surface area (Å²) < 4.78 is 32.2. The van der Waals surface area contributed by atoms with Gasteiger partial charge in [-0.25, -0.2) is 13.1 Å². The summed E-state index contributed by atoms with van der Waals surface area (Å²) in [5.41, 5.74) is 3.07. The minimum atomic E-state index is -3.57. The van der Waals surface area contributed by atoms with Crippen molar-refractivity contribution in [1.82, 2.24) is 10.0 Å². The number of amides is 1. The van der Waals surface area contributed by atoms with Crippen molar-refractivity contribution in [3.8, 4) is 5.75 Å². The Morgan fingerprint density at radius 3 is 2.38 bits per heavy atom. The first-order chi connectivity index (χ1) is 12.3. The highest BCUT2D eigenvalue weighted by atomic mass is 32.2. The Labute approximate surface area is 154 Å². The molecule has 0 spiro atoms. The Bertz CT molecular complexity index is 862. The van der Waals surface area contributed by atoms with E-state index in [0.29, 0.717) is 5.75 Å².